The fourth-order valence-corrected chi connectivity index (χ4v) is 7.36. The summed E-state index contributed by atoms with van der Waals surface area (Å²) in [6, 6.07) is 27.5. The molecule has 0 heterocycles. The van der Waals surface area contributed by atoms with Crippen molar-refractivity contribution in [3.63, 3.8) is 0 Å². The van der Waals surface area contributed by atoms with E-state index in [-0.39, 0.29) is 30.1 Å². The Kier molecular flexibility index (Phi) is 18.7. The van der Waals surface area contributed by atoms with Crippen LogP contribution in [-0.4, -0.2) is 66.3 Å². The molecule has 0 aromatic heterocycles. The molecule has 0 saturated carbocycles. The van der Waals surface area contributed by atoms with Gasteiger partial charge in [0.1, 0.15) is 6.04 Å². The summed E-state index contributed by atoms with van der Waals surface area (Å²) < 4.78 is 0. The van der Waals surface area contributed by atoms with Crippen LogP contribution in [0.5, 0.6) is 0 Å². The van der Waals surface area contributed by atoms with Crippen molar-refractivity contribution in [1.82, 2.24) is 26.6 Å². The van der Waals surface area contributed by atoms with Gasteiger partial charge in [-0.1, -0.05) is 138 Å². The lowest BCUT2D eigenvalue weighted by Crippen LogP contribution is -2.54. The highest BCUT2D eigenvalue weighted by molar-refractivity contribution is 7.80. The second-order valence-electron chi connectivity index (χ2n) is 16.0. The highest BCUT2D eigenvalue weighted by atomic mass is 32.1. The van der Waals surface area contributed by atoms with Crippen LogP contribution in [0.25, 0.3) is 21.5 Å². The fraction of sp³-hybridized carbons (Fsp3) is 0.489. The SMILES string of the molecule is CCC(C)CNC(=O)CC(O)C(CC(C)C)NC(=O)C(CCCCCCNC(=S)NC)NC(=O)C(Cc1ccc2ccccc2c1)Cc1cccc2ccccc12. The first-order valence-electron chi connectivity index (χ1n) is 20.9. The van der Waals surface area contributed by atoms with Crippen LogP contribution in [0.3, 0.4) is 0 Å². The molecule has 5 unspecified atom stereocenters. The summed E-state index contributed by atoms with van der Waals surface area (Å²) in [5, 5.41) is 31.7. The van der Waals surface area contributed by atoms with Gasteiger partial charge < -0.3 is 31.7 Å². The molecule has 5 atom stereocenters. The summed E-state index contributed by atoms with van der Waals surface area (Å²) in [5.41, 5.74) is 2.13. The fourth-order valence-electron chi connectivity index (χ4n) is 7.26. The lowest BCUT2D eigenvalue weighted by atomic mass is 9.88. The molecule has 10 heteroatoms. The first kappa shape index (κ1) is 45.2. The number of unbranched alkanes of at least 4 members (excludes halogenated alkanes) is 3. The Hall–Kier alpha value is -4.54. The number of nitrogens with one attached hydrogen (secondary N) is 5. The topological polar surface area (TPSA) is 132 Å². The van der Waals surface area contributed by atoms with Gasteiger partial charge >= 0.3 is 0 Å². The standard InChI is InChI=1S/C47H65N5O4S/c1-6-33(4)31-50-44(54)30-43(53)42(26-32(2)3)52-46(56)41(22-9-7-8-14-25-49-47(57)48-5)51-45(55)39(28-34-23-24-35-16-10-11-18-37(35)27-34)29-38-20-15-19-36-17-12-13-21-40(36)38/h10-13,15-21,23-24,27,32-33,39,41-43,53H,6-9,14,22,25-26,28-31H2,1-5H3,(H,50,54)(H,51,55)(H,52,56)(H2,48,49,57). The molecule has 3 amide bonds. The van der Waals surface area contributed by atoms with Gasteiger partial charge in [-0.25, -0.2) is 0 Å². The first-order valence-corrected chi connectivity index (χ1v) is 21.3. The van der Waals surface area contributed by atoms with Crippen molar-refractivity contribution in [2.24, 2.45) is 17.8 Å². The van der Waals surface area contributed by atoms with Crippen molar-refractivity contribution < 1.29 is 19.5 Å². The highest BCUT2D eigenvalue weighted by Crippen LogP contribution is 2.25. The van der Waals surface area contributed by atoms with Gasteiger partial charge in [0.2, 0.25) is 17.7 Å². The van der Waals surface area contributed by atoms with E-state index in [4.69, 9.17) is 12.2 Å². The quantitative estimate of drug-likeness (QED) is 0.0342. The molecule has 0 radical (unpaired) electrons. The zero-order valence-electron chi connectivity index (χ0n) is 34.6. The number of amides is 3. The smallest absolute Gasteiger partial charge is 0.242 e. The van der Waals surface area contributed by atoms with E-state index in [1.807, 2.05) is 44.2 Å². The Morgan fingerprint density at radius 3 is 2.19 bits per heavy atom. The van der Waals surface area contributed by atoms with Crippen molar-refractivity contribution >= 4 is 56.6 Å². The van der Waals surface area contributed by atoms with E-state index >= 15 is 0 Å². The third kappa shape index (κ3) is 15.0. The number of benzene rings is 4. The second-order valence-corrected chi connectivity index (χ2v) is 16.4. The van der Waals surface area contributed by atoms with E-state index < -0.39 is 24.1 Å². The van der Waals surface area contributed by atoms with Crippen molar-refractivity contribution in [3.8, 4) is 0 Å². The molecule has 4 aromatic carbocycles. The second kappa shape index (κ2) is 23.6. The monoisotopic (exact) mass is 795 g/mol. The third-order valence-electron chi connectivity index (χ3n) is 10.8. The lowest BCUT2D eigenvalue weighted by molar-refractivity contribution is -0.132. The van der Waals surface area contributed by atoms with Crippen LogP contribution in [0, 0.1) is 17.8 Å². The minimum absolute atomic E-state index is 0.116. The Morgan fingerprint density at radius 1 is 0.754 bits per heavy atom. The Labute approximate surface area is 345 Å². The minimum atomic E-state index is -1.08. The van der Waals surface area contributed by atoms with Gasteiger partial charge in [0.05, 0.1) is 18.6 Å². The summed E-state index contributed by atoms with van der Waals surface area (Å²) in [4.78, 5) is 41.7. The first-order chi connectivity index (χ1) is 27.5. The minimum Gasteiger partial charge on any atom is -0.390 e. The Morgan fingerprint density at radius 2 is 1.46 bits per heavy atom. The summed E-state index contributed by atoms with van der Waals surface area (Å²) >= 11 is 5.19. The zero-order chi connectivity index (χ0) is 41.2. The predicted octanol–water partition coefficient (Wildman–Crippen LogP) is 7.37. The van der Waals surface area contributed by atoms with Gasteiger partial charge in [0.15, 0.2) is 5.11 Å². The number of carbonyl (C=O) groups excluding carboxylic acids is 3. The van der Waals surface area contributed by atoms with E-state index in [0.29, 0.717) is 43.3 Å². The van der Waals surface area contributed by atoms with Crippen molar-refractivity contribution in [2.75, 3.05) is 20.1 Å². The number of thiocarbonyl (C=S) groups is 1. The van der Waals surface area contributed by atoms with E-state index in [9.17, 15) is 19.5 Å². The zero-order valence-corrected chi connectivity index (χ0v) is 35.4. The number of fused-ring (bicyclic) bond motifs is 2. The molecule has 6 N–H and O–H groups in total. The molecule has 4 aromatic rings. The lowest BCUT2D eigenvalue weighted by Gasteiger charge is -2.29. The molecular formula is C47H65N5O4S. The number of rotatable bonds is 23. The van der Waals surface area contributed by atoms with Crippen LogP contribution in [0.15, 0.2) is 84.9 Å². The van der Waals surface area contributed by atoms with E-state index in [1.54, 1.807) is 7.05 Å². The molecule has 0 bridgehead atoms. The summed E-state index contributed by atoms with van der Waals surface area (Å²) in [7, 11) is 1.79. The van der Waals surface area contributed by atoms with Crippen molar-refractivity contribution in [2.45, 2.75) is 110 Å². The molecule has 0 aliphatic heterocycles. The van der Waals surface area contributed by atoms with Gasteiger partial charge in [-0.15, -0.1) is 0 Å². The van der Waals surface area contributed by atoms with E-state index in [1.165, 1.54) is 0 Å². The Balaban J connectivity index is 1.56. The number of aliphatic hydroxyl groups excluding tert-OH is 1. The molecule has 0 spiro atoms. The van der Waals surface area contributed by atoms with Crippen molar-refractivity contribution in [3.05, 3.63) is 96.1 Å². The Bertz CT molecular complexity index is 1900. The molecule has 0 aliphatic rings. The number of carbonyl (C=O) groups is 3. The van der Waals surface area contributed by atoms with Gasteiger partial charge in [0, 0.05) is 26.1 Å². The van der Waals surface area contributed by atoms with Crippen LogP contribution in [-0.2, 0) is 27.2 Å². The summed E-state index contributed by atoms with van der Waals surface area (Å²) in [5.74, 6) is -0.756. The summed E-state index contributed by atoms with van der Waals surface area (Å²) in [6.45, 7) is 9.48. The van der Waals surface area contributed by atoms with Gasteiger partial charge in [-0.05, 0) is 88.8 Å². The van der Waals surface area contributed by atoms with Crippen LogP contribution >= 0.6 is 12.2 Å². The van der Waals surface area contributed by atoms with E-state index in [0.717, 1.165) is 71.3 Å². The third-order valence-corrected chi connectivity index (χ3v) is 11.2. The van der Waals surface area contributed by atoms with Gasteiger partial charge in [-0.2, -0.15) is 0 Å². The molecule has 0 aliphatic carbocycles. The predicted molar refractivity (Wildman–Crippen MR) is 238 cm³/mol. The molecule has 4 rings (SSSR count). The maximum Gasteiger partial charge on any atom is 0.242 e. The van der Waals surface area contributed by atoms with Crippen molar-refractivity contribution in [1.29, 1.82) is 0 Å². The average Bonchev–Trinajstić information content (AvgIpc) is 3.21. The molecule has 57 heavy (non-hydrogen) atoms. The molecular weight excluding hydrogens is 731 g/mol. The largest absolute Gasteiger partial charge is 0.390 e. The molecule has 308 valence electrons. The maximum atomic E-state index is 14.6. The molecule has 9 nitrogen and oxygen atoms in total. The van der Waals surface area contributed by atoms with E-state index in [2.05, 4.69) is 95.0 Å². The highest BCUT2D eigenvalue weighted by Gasteiger charge is 2.31. The number of hydrogen-bond donors (Lipinski definition) is 6. The van der Waals surface area contributed by atoms with Crippen LogP contribution in [0.4, 0.5) is 0 Å². The normalized spacial score (nSPS) is 14.0. The van der Waals surface area contributed by atoms with Gasteiger partial charge in [-0.3, -0.25) is 14.4 Å². The maximum absolute atomic E-state index is 14.6. The number of aliphatic hydroxyl groups is 1. The summed E-state index contributed by atoms with van der Waals surface area (Å²) in [6.07, 6.45) is 5.13. The average molecular weight is 796 g/mol. The van der Waals surface area contributed by atoms with Gasteiger partial charge in [0.25, 0.3) is 0 Å². The van der Waals surface area contributed by atoms with Crippen LogP contribution in [0.1, 0.15) is 90.2 Å². The molecule has 0 saturated heterocycles. The molecule has 0 fully saturated rings. The number of hydrogen-bond acceptors (Lipinski definition) is 5. The van der Waals surface area contributed by atoms with Crippen LogP contribution in [0.2, 0.25) is 0 Å². The van der Waals surface area contributed by atoms with Crippen LogP contribution < -0.4 is 26.6 Å².